The Kier molecular flexibility index (Phi) is 5.83. The van der Waals surface area contributed by atoms with E-state index in [1.165, 1.54) is 11.6 Å². The molecule has 0 fully saturated rings. The molecule has 18 heavy (non-hydrogen) atoms. The lowest BCUT2D eigenvalue weighted by Gasteiger charge is -2.18. The van der Waals surface area contributed by atoms with E-state index < -0.39 is 8.07 Å². The van der Waals surface area contributed by atoms with E-state index >= 15 is 0 Å². The van der Waals surface area contributed by atoms with Crippen molar-refractivity contribution in [1.29, 1.82) is 0 Å². The van der Waals surface area contributed by atoms with Gasteiger partial charge in [0.25, 0.3) is 0 Å². The zero-order valence-electron chi connectivity index (χ0n) is 12.1. The van der Waals surface area contributed by atoms with Crippen molar-refractivity contribution in [2.24, 2.45) is 5.92 Å². The summed E-state index contributed by atoms with van der Waals surface area (Å²) in [4.78, 5) is 0. The summed E-state index contributed by atoms with van der Waals surface area (Å²) in [7, 11) is -1.34. The predicted molar refractivity (Wildman–Crippen MR) is 82.2 cm³/mol. The van der Waals surface area contributed by atoms with Crippen molar-refractivity contribution in [1.82, 2.24) is 0 Å². The minimum atomic E-state index is -1.34. The van der Waals surface area contributed by atoms with Crippen LogP contribution in [0.25, 0.3) is 0 Å². The van der Waals surface area contributed by atoms with E-state index in [9.17, 15) is 5.11 Å². The maximum absolute atomic E-state index is 9.78. The molecular weight excluding hydrogens is 236 g/mol. The Hall–Kier alpha value is -0.863. The first-order chi connectivity index (χ1) is 8.41. The topological polar surface area (TPSA) is 20.2 Å². The molecule has 0 aliphatic carbocycles. The zero-order chi connectivity index (χ0) is 13.6. The van der Waals surface area contributed by atoms with Crippen LogP contribution in [0.4, 0.5) is 0 Å². The molecule has 1 N–H and O–H groups in total. The summed E-state index contributed by atoms with van der Waals surface area (Å²) in [6.07, 6.45) is 2.76. The monoisotopic (exact) mass is 262 g/mol. The van der Waals surface area contributed by atoms with E-state index in [2.05, 4.69) is 69.0 Å². The van der Waals surface area contributed by atoms with Gasteiger partial charge in [-0.2, -0.15) is 0 Å². The number of aliphatic hydroxyl groups excluding tert-OH is 1. The van der Waals surface area contributed by atoms with Gasteiger partial charge in [-0.3, -0.25) is 0 Å². The van der Waals surface area contributed by atoms with Gasteiger partial charge in [-0.15, -0.1) is 0 Å². The molecule has 0 radical (unpaired) electrons. The Balaban J connectivity index is 2.51. The molecule has 0 spiro atoms. The molecule has 1 aromatic carbocycles. The molecule has 2 heteroatoms. The van der Waals surface area contributed by atoms with E-state index in [1.807, 2.05) is 0 Å². The van der Waals surface area contributed by atoms with Crippen LogP contribution in [0, 0.1) is 5.92 Å². The van der Waals surface area contributed by atoms with Gasteiger partial charge in [-0.25, -0.2) is 0 Å². The van der Waals surface area contributed by atoms with Gasteiger partial charge in [0, 0.05) is 0 Å². The number of aliphatic hydroxyl groups is 1. The smallest absolute Gasteiger partial charge is 0.0756 e. The second-order valence-electron chi connectivity index (χ2n) is 6.10. The maximum atomic E-state index is 9.78. The minimum absolute atomic E-state index is 0.206. The molecule has 0 bridgehead atoms. The summed E-state index contributed by atoms with van der Waals surface area (Å²) in [6.45, 7) is 8.87. The summed E-state index contributed by atoms with van der Waals surface area (Å²) >= 11 is 0. The van der Waals surface area contributed by atoms with E-state index in [1.54, 1.807) is 0 Å². The maximum Gasteiger partial charge on any atom is 0.0756 e. The molecule has 0 saturated heterocycles. The molecular formula is C16H26OSi. The average molecular weight is 262 g/mol. The van der Waals surface area contributed by atoms with Crippen molar-refractivity contribution in [3.8, 4) is 0 Å². The van der Waals surface area contributed by atoms with Crippen LogP contribution in [0.1, 0.15) is 25.8 Å². The van der Waals surface area contributed by atoms with Gasteiger partial charge in [0.2, 0.25) is 0 Å². The Morgan fingerprint density at radius 3 is 2.33 bits per heavy atom. The van der Waals surface area contributed by atoms with Crippen molar-refractivity contribution in [3.63, 3.8) is 0 Å². The van der Waals surface area contributed by atoms with Crippen molar-refractivity contribution < 1.29 is 5.11 Å². The lowest BCUT2D eigenvalue weighted by atomic mass is 10.1. The summed E-state index contributed by atoms with van der Waals surface area (Å²) < 4.78 is 0. The number of benzene rings is 1. The highest BCUT2D eigenvalue weighted by Gasteiger charge is 2.17. The van der Waals surface area contributed by atoms with Crippen LogP contribution in [0.5, 0.6) is 0 Å². The van der Waals surface area contributed by atoms with E-state index in [0.29, 0.717) is 5.92 Å². The third-order valence-electron chi connectivity index (χ3n) is 3.22. The molecule has 0 amide bonds. The summed E-state index contributed by atoms with van der Waals surface area (Å²) in [5.41, 5.74) is 3.79. The van der Waals surface area contributed by atoms with Gasteiger partial charge < -0.3 is 5.11 Å². The van der Waals surface area contributed by atoms with E-state index in [0.717, 1.165) is 6.42 Å². The van der Waals surface area contributed by atoms with Gasteiger partial charge in [0.1, 0.15) is 0 Å². The Bertz CT molecular complexity index is 368. The van der Waals surface area contributed by atoms with Crippen LogP contribution in [0.2, 0.25) is 13.1 Å². The third-order valence-corrected chi connectivity index (χ3v) is 5.68. The summed E-state index contributed by atoms with van der Waals surface area (Å²) in [6, 6.07) is 11.8. The molecule has 1 unspecified atom stereocenters. The number of hydrogen-bond acceptors (Lipinski definition) is 1. The quantitative estimate of drug-likeness (QED) is 0.769. The molecule has 0 aliphatic rings. The zero-order valence-corrected chi connectivity index (χ0v) is 13.1. The van der Waals surface area contributed by atoms with Crippen molar-refractivity contribution in [3.05, 3.63) is 47.7 Å². The molecule has 0 saturated carbocycles. The minimum Gasteiger partial charge on any atom is -0.393 e. The molecule has 0 aliphatic heterocycles. The predicted octanol–water partition coefficient (Wildman–Crippen LogP) is 3.98. The lowest BCUT2D eigenvalue weighted by molar-refractivity contribution is 0.128. The fourth-order valence-electron chi connectivity index (χ4n) is 1.98. The first kappa shape index (κ1) is 15.2. The fourth-order valence-corrected chi connectivity index (χ4v) is 4.16. The molecule has 1 aromatic rings. The molecule has 100 valence electrons. The highest BCUT2D eigenvalue weighted by molar-refractivity contribution is 6.81. The number of hydrogen-bond donors (Lipinski definition) is 1. The first-order valence-corrected chi connectivity index (χ1v) is 10.1. The van der Waals surface area contributed by atoms with Crippen LogP contribution in [0.3, 0.4) is 0 Å². The largest absolute Gasteiger partial charge is 0.393 e. The molecule has 1 nitrogen and oxygen atoms in total. The van der Waals surface area contributed by atoms with E-state index in [4.69, 9.17) is 0 Å². The standard InChI is InChI=1S/C16H26OSi/c1-14(2)16(17)11-8-12-18(3,4)13-15-9-6-5-7-10-15/h5-10,12,14,16-17H,11,13H2,1-4H3/b12-8-. The molecule has 0 heterocycles. The van der Waals surface area contributed by atoms with Crippen LogP contribution in [-0.4, -0.2) is 19.3 Å². The van der Waals surface area contributed by atoms with E-state index in [-0.39, 0.29) is 6.10 Å². The van der Waals surface area contributed by atoms with Gasteiger partial charge in [0.05, 0.1) is 14.2 Å². The Morgan fingerprint density at radius 2 is 1.78 bits per heavy atom. The lowest BCUT2D eigenvalue weighted by Crippen LogP contribution is -2.27. The van der Waals surface area contributed by atoms with Crippen molar-refractivity contribution >= 4 is 8.07 Å². The normalized spacial score (nSPS) is 14.3. The van der Waals surface area contributed by atoms with Crippen molar-refractivity contribution in [2.45, 2.75) is 45.5 Å². The third kappa shape index (κ3) is 5.65. The van der Waals surface area contributed by atoms with Gasteiger partial charge >= 0.3 is 0 Å². The second-order valence-corrected chi connectivity index (χ2v) is 10.8. The first-order valence-electron chi connectivity index (χ1n) is 6.80. The molecule has 1 atom stereocenters. The van der Waals surface area contributed by atoms with Gasteiger partial charge in [-0.1, -0.05) is 74.6 Å². The Morgan fingerprint density at radius 1 is 1.17 bits per heavy atom. The highest BCUT2D eigenvalue weighted by atomic mass is 28.3. The molecule has 0 aromatic heterocycles. The fraction of sp³-hybridized carbons (Fsp3) is 0.500. The van der Waals surface area contributed by atoms with Crippen molar-refractivity contribution in [2.75, 3.05) is 0 Å². The average Bonchev–Trinajstić information content (AvgIpc) is 2.29. The van der Waals surface area contributed by atoms with Crippen LogP contribution in [0.15, 0.2) is 42.1 Å². The van der Waals surface area contributed by atoms with Crippen LogP contribution < -0.4 is 0 Å². The SMILES string of the molecule is CC(C)C(O)C/C=C\[Si](C)(C)Cc1ccccc1. The van der Waals surface area contributed by atoms with Crippen LogP contribution in [-0.2, 0) is 6.04 Å². The van der Waals surface area contributed by atoms with Crippen LogP contribution >= 0.6 is 0 Å². The molecule has 1 rings (SSSR count). The number of rotatable bonds is 6. The second kappa shape index (κ2) is 6.91. The summed E-state index contributed by atoms with van der Waals surface area (Å²) in [5, 5.41) is 9.78. The highest BCUT2D eigenvalue weighted by Crippen LogP contribution is 2.14. The van der Waals surface area contributed by atoms with Gasteiger partial charge in [0.15, 0.2) is 0 Å². The Labute approximate surface area is 113 Å². The summed E-state index contributed by atoms with van der Waals surface area (Å²) in [5.74, 6) is 0.341. The van der Waals surface area contributed by atoms with Gasteiger partial charge in [-0.05, 0) is 18.4 Å².